The van der Waals surface area contributed by atoms with Crippen LogP contribution in [0.15, 0.2) is 78.4 Å². The van der Waals surface area contributed by atoms with E-state index in [2.05, 4.69) is 72.5 Å². The Morgan fingerprint density at radius 2 is 1.27 bits per heavy atom. The maximum absolute atomic E-state index is 13.3. The van der Waals surface area contributed by atoms with Gasteiger partial charge in [0, 0.05) is 19.1 Å². The zero-order valence-electron chi connectivity index (χ0n) is 17.3. The van der Waals surface area contributed by atoms with E-state index in [1.54, 1.807) is 17.7 Å². The quantitative estimate of drug-likeness (QED) is 0.354. The lowest BCUT2D eigenvalue weighted by molar-refractivity contribution is 0.196. The molecule has 0 radical (unpaired) electrons. The average molecular weight is 396 g/mol. The van der Waals surface area contributed by atoms with Crippen LogP contribution in [0.3, 0.4) is 0 Å². The summed E-state index contributed by atoms with van der Waals surface area (Å²) in [6.45, 7) is 4.27. The van der Waals surface area contributed by atoms with Crippen molar-refractivity contribution >= 4 is 17.7 Å². The van der Waals surface area contributed by atoms with Crippen molar-refractivity contribution < 1.29 is 4.39 Å². The van der Waals surface area contributed by atoms with E-state index in [9.17, 15) is 4.39 Å². The Kier molecular flexibility index (Phi) is 5.10. The average Bonchev–Trinajstić information content (AvgIpc) is 2.96. The molecule has 0 spiro atoms. The van der Waals surface area contributed by atoms with E-state index in [4.69, 9.17) is 0 Å². The second kappa shape index (κ2) is 8.04. The summed E-state index contributed by atoms with van der Waals surface area (Å²) in [6, 6.07) is 24.7. The molecule has 150 valence electrons. The summed E-state index contributed by atoms with van der Waals surface area (Å²) in [5.74, 6) is -0.170. The molecule has 0 aromatic heterocycles. The number of hydrogen-bond donors (Lipinski definition) is 0. The monoisotopic (exact) mass is 395 g/mol. The zero-order valence-corrected chi connectivity index (χ0v) is 17.3. The van der Waals surface area contributed by atoms with E-state index < -0.39 is 0 Å². The van der Waals surface area contributed by atoms with Gasteiger partial charge in [0.25, 0.3) is 0 Å². The van der Waals surface area contributed by atoms with Crippen LogP contribution < -0.4 is 0 Å². The molecule has 1 atom stereocenters. The number of benzene rings is 3. The lowest BCUT2D eigenvalue weighted by atomic mass is 9.85. The predicted molar refractivity (Wildman–Crippen MR) is 123 cm³/mol. The highest BCUT2D eigenvalue weighted by Gasteiger charge is 2.25. The van der Waals surface area contributed by atoms with Crippen molar-refractivity contribution in [1.29, 1.82) is 0 Å². The molecule has 5 rings (SSSR count). The summed E-state index contributed by atoms with van der Waals surface area (Å²) < 4.78 is 13.3. The third kappa shape index (κ3) is 3.53. The number of nitrogens with zero attached hydrogens (tertiary/aromatic N) is 1. The Hall–Kier alpha value is -2.97. The zero-order chi connectivity index (χ0) is 20.5. The van der Waals surface area contributed by atoms with Crippen molar-refractivity contribution in [2.75, 3.05) is 13.1 Å². The Balaban J connectivity index is 1.48. The fourth-order valence-electron chi connectivity index (χ4n) is 4.83. The van der Waals surface area contributed by atoms with Crippen molar-refractivity contribution in [1.82, 2.24) is 4.90 Å². The fourth-order valence-corrected chi connectivity index (χ4v) is 4.83. The molecular weight excluding hydrogens is 369 g/mol. The summed E-state index contributed by atoms with van der Waals surface area (Å²) in [4.78, 5) is 2.52. The van der Waals surface area contributed by atoms with Gasteiger partial charge >= 0.3 is 0 Å². The first-order valence-corrected chi connectivity index (χ1v) is 10.8. The molecule has 2 heteroatoms. The van der Waals surface area contributed by atoms with Gasteiger partial charge in [0.2, 0.25) is 0 Å². The van der Waals surface area contributed by atoms with Crippen molar-refractivity contribution in [2.45, 2.75) is 25.8 Å². The standard InChI is InChI=1S/C28H26FN/c1-20(21-12-14-25(29)15-13-21)30-18-16-24(17-19-30)28-26-8-4-2-6-22(26)10-11-23-7-3-5-9-27(23)28/h2-15,20H,16-19H2,1H3. The number of rotatable bonds is 2. The summed E-state index contributed by atoms with van der Waals surface area (Å²) in [6.07, 6.45) is 6.61. The van der Waals surface area contributed by atoms with E-state index in [1.165, 1.54) is 33.4 Å². The molecular formula is C28H26FN. The molecule has 1 aliphatic carbocycles. The first kappa shape index (κ1) is 19.0. The van der Waals surface area contributed by atoms with Gasteiger partial charge in [-0.25, -0.2) is 4.39 Å². The molecule has 1 unspecified atom stereocenters. The SMILES string of the molecule is CC(c1ccc(F)cc1)N1CCC(=C2c3ccccc3C=Cc3ccccc32)CC1. The first-order valence-electron chi connectivity index (χ1n) is 10.8. The second-order valence-corrected chi connectivity index (χ2v) is 8.25. The Morgan fingerprint density at radius 3 is 1.83 bits per heavy atom. The number of hydrogen-bond acceptors (Lipinski definition) is 1. The maximum Gasteiger partial charge on any atom is 0.123 e. The van der Waals surface area contributed by atoms with Crippen LogP contribution in [0.1, 0.15) is 53.6 Å². The number of fused-ring (bicyclic) bond motifs is 2. The molecule has 1 heterocycles. The van der Waals surface area contributed by atoms with Crippen LogP contribution in [0.5, 0.6) is 0 Å². The van der Waals surface area contributed by atoms with Crippen LogP contribution in [0.2, 0.25) is 0 Å². The predicted octanol–water partition coefficient (Wildman–Crippen LogP) is 6.97. The van der Waals surface area contributed by atoms with Gasteiger partial charge < -0.3 is 0 Å². The third-order valence-electron chi connectivity index (χ3n) is 6.56. The molecule has 3 aromatic carbocycles. The van der Waals surface area contributed by atoms with E-state index >= 15 is 0 Å². The van der Waals surface area contributed by atoms with Crippen molar-refractivity contribution in [2.24, 2.45) is 0 Å². The van der Waals surface area contributed by atoms with Gasteiger partial charge in [-0.3, -0.25) is 4.90 Å². The normalized spacial score (nSPS) is 17.3. The first-order chi connectivity index (χ1) is 14.7. The summed E-state index contributed by atoms with van der Waals surface area (Å²) >= 11 is 0. The van der Waals surface area contributed by atoms with Gasteiger partial charge in [-0.1, -0.05) is 78.4 Å². The summed E-state index contributed by atoms with van der Waals surface area (Å²) in [5, 5.41) is 0. The van der Waals surface area contributed by atoms with Gasteiger partial charge in [-0.15, -0.1) is 0 Å². The Morgan fingerprint density at radius 1 is 0.733 bits per heavy atom. The molecule has 0 saturated carbocycles. The highest BCUT2D eigenvalue weighted by atomic mass is 19.1. The lowest BCUT2D eigenvalue weighted by Crippen LogP contribution is -2.33. The van der Waals surface area contributed by atoms with Crippen LogP contribution in [0.25, 0.3) is 17.7 Å². The minimum Gasteiger partial charge on any atom is -0.296 e. The van der Waals surface area contributed by atoms with Crippen LogP contribution >= 0.6 is 0 Å². The fraction of sp³-hybridized carbons (Fsp3) is 0.214. The number of halogens is 1. The second-order valence-electron chi connectivity index (χ2n) is 8.25. The number of likely N-dealkylation sites (tertiary alicyclic amines) is 1. The highest BCUT2D eigenvalue weighted by Crippen LogP contribution is 2.39. The minimum absolute atomic E-state index is 0.170. The molecule has 0 amide bonds. The minimum atomic E-state index is -0.170. The lowest BCUT2D eigenvalue weighted by Gasteiger charge is -2.35. The van der Waals surface area contributed by atoms with Gasteiger partial charge in [0.1, 0.15) is 5.82 Å². The molecule has 1 saturated heterocycles. The van der Waals surface area contributed by atoms with Crippen LogP contribution in [-0.4, -0.2) is 18.0 Å². The van der Waals surface area contributed by atoms with E-state index in [-0.39, 0.29) is 5.82 Å². The van der Waals surface area contributed by atoms with Crippen molar-refractivity contribution in [3.63, 3.8) is 0 Å². The van der Waals surface area contributed by atoms with Crippen LogP contribution in [0.4, 0.5) is 4.39 Å². The molecule has 1 nitrogen and oxygen atoms in total. The van der Waals surface area contributed by atoms with Crippen LogP contribution in [0, 0.1) is 5.82 Å². The van der Waals surface area contributed by atoms with Gasteiger partial charge in [-0.05, 0) is 65.3 Å². The highest BCUT2D eigenvalue weighted by molar-refractivity contribution is 5.94. The third-order valence-corrected chi connectivity index (χ3v) is 6.56. The molecule has 1 fully saturated rings. The molecule has 30 heavy (non-hydrogen) atoms. The molecule has 2 aliphatic rings. The smallest absolute Gasteiger partial charge is 0.123 e. The largest absolute Gasteiger partial charge is 0.296 e. The molecule has 1 aliphatic heterocycles. The summed E-state index contributed by atoms with van der Waals surface area (Å²) in [7, 11) is 0. The van der Waals surface area contributed by atoms with Gasteiger partial charge in [-0.2, -0.15) is 0 Å². The topological polar surface area (TPSA) is 3.24 Å². The van der Waals surface area contributed by atoms with Crippen LogP contribution in [-0.2, 0) is 0 Å². The van der Waals surface area contributed by atoms with E-state index in [1.807, 2.05) is 12.1 Å². The summed E-state index contributed by atoms with van der Waals surface area (Å²) in [5.41, 5.74) is 9.40. The molecule has 0 N–H and O–H groups in total. The van der Waals surface area contributed by atoms with Crippen molar-refractivity contribution in [3.8, 4) is 0 Å². The van der Waals surface area contributed by atoms with E-state index in [0.717, 1.165) is 25.9 Å². The van der Waals surface area contributed by atoms with Crippen molar-refractivity contribution in [3.05, 3.63) is 112 Å². The maximum atomic E-state index is 13.3. The van der Waals surface area contributed by atoms with Gasteiger partial charge in [0.15, 0.2) is 0 Å². The van der Waals surface area contributed by atoms with E-state index in [0.29, 0.717) is 6.04 Å². The number of piperidine rings is 1. The van der Waals surface area contributed by atoms with Gasteiger partial charge in [0.05, 0.1) is 0 Å². The molecule has 3 aromatic rings. The Labute approximate surface area is 178 Å². The molecule has 0 bridgehead atoms. The Bertz CT molecular complexity index is 1060.